The summed E-state index contributed by atoms with van der Waals surface area (Å²) in [6.07, 6.45) is 4.27. The molecule has 1 saturated heterocycles. The molecule has 24 heavy (non-hydrogen) atoms. The van der Waals surface area contributed by atoms with Crippen molar-refractivity contribution in [2.45, 2.75) is 32.7 Å². The Morgan fingerprint density at radius 3 is 2.83 bits per heavy atom. The summed E-state index contributed by atoms with van der Waals surface area (Å²) in [4.78, 5) is 20.4. The number of thiophene rings is 1. The molecule has 128 valence electrons. The molecular formula is C18H23N3OS2. The fourth-order valence-corrected chi connectivity index (χ4v) is 4.34. The molecule has 0 unspecified atom stereocenters. The Bertz CT molecular complexity index is 694. The molecule has 2 aromatic heterocycles. The third-order valence-electron chi connectivity index (χ3n) is 4.15. The summed E-state index contributed by atoms with van der Waals surface area (Å²) in [5.41, 5.74) is 1.89. The highest BCUT2D eigenvalue weighted by atomic mass is 32.1. The van der Waals surface area contributed by atoms with Crippen LogP contribution in [0.4, 0.5) is 0 Å². The highest BCUT2D eigenvalue weighted by molar-refractivity contribution is 7.20. The van der Waals surface area contributed by atoms with Gasteiger partial charge in [0.15, 0.2) is 0 Å². The standard InChI is InChI=1S/C18H23N3OS2/c1-13(2)5-8-21-9-6-14(7-10-21)19-17(22)15-12-24-18(20-15)16-4-3-11-23-16/h3-5,11-12,14H,6-10H2,1-2H3,(H,19,22). The molecule has 4 nitrogen and oxygen atoms in total. The van der Waals surface area contributed by atoms with E-state index in [-0.39, 0.29) is 11.9 Å². The van der Waals surface area contributed by atoms with E-state index < -0.39 is 0 Å². The van der Waals surface area contributed by atoms with Gasteiger partial charge in [0, 0.05) is 31.1 Å². The number of hydrogen-bond acceptors (Lipinski definition) is 5. The number of thiazole rings is 1. The third kappa shape index (κ3) is 4.53. The Morgan fingerprint density at radius 2 is 2.17 bits per heavy atom. The van der Waals surface area contributed by atoms with Crippen LogP contribution in [-0.2, 0) is 0 Å². The number of hydrogen-bond donors (Lipinski definition) is 1. The summed E-state index contributed by atoms with van der Waals surface area (Å²) < 4.78 is 0. The highest BCUT2D eigenvalue weighted by Crippen LogP contribution is 2.27. The maximum atomic E-state index is 12.4. The fourth-order valence-electron chi connectivity index (χ4n) is 2.72. The van der Waals surface area contributed by atoms with Gasteiger partial charge in [0.05, 0.1) is 4.88 Å². The topological polar surface area (TPSA) is 45.2 Å². The van der Waals surface area contributed by atoms with Gasteiger partial charge in [0.1, 0.15) is 10.7 Å². The Kier molecular flexibility index (Phi) is 5.81. The predicted molar refractivity (Wildman–Crippen MR) is 102 cm³/mol. The van der Waals surface area contributed by atoms with Gasteiger partial charge in [-0.2, -0.15) is 0 Å². The second kappa shape index (κ2) is 8.05. The van der Waals surface area contributed by atoms with Crippen molar-refractivity contribution in [1.82, 2.24) is 15.2 Å². The van der Waals surface area contributed by atoms with Crippen molar-refractivity contribution >= 4 is 28.6 Å². The van der Waals surface area contributed by atoms with Gasteiger partial charge in [-0.3, -0.25) is 9.69 Å². The molecule has 1 aliphatic heterocycles. The first-order valence-electron chi connectivity index (χ1n) is 8.28. The Balaban J connectivity index is 1.50. The summed E-state index contributed by atoms with van der Waals surface area (Å²) in [5.74, 6) is -0.0446. The predicted octanol–water partition coefficient (Wildman–Crippen LogP) is 4.03. The van der Waals surface area contributed by atoms with E-state index in [1.54, 1.807) is 11.3 Å². The number of likely N-dealkylation sites (tertiary alicyclic amines) is 1. The Hall–Kier alpha value is -1.50. The molecule has 0 aromatic carbocycles. The van der Waals surface area contributed by atoms with Crippen molar-refractivity contribution in [2.75, 3.05) is 19.6 Å². The maximum Gasteiger partial charge on any atom is 0.270 e. The molecule has 0 saturated carbocycles. The molecule has 3 heterocycles. The summed E-state index contributed by atoms with van der Waals surface area (Å²) in [6, 6.07) is 4.30. The van der Waals surface area contributed by atoms with E-state index in [2.05, 4.69) is 35.1 Å². The third-order valence-corrected chi connectivity index (χ3v) is 6.03. The smallest absolute Gasteiger partial charge is 0.270 e. The molecule has 1 aliphatic rings. The second-order valence-corrected chi connectivity index (χ2v) is 8.15. The molecule has 0 radical (unpaired) electrons. The molecular weight excluding hydrogens is 338 g/mol. The van der Waals surface area contributed by atoms with Crippen molar-refractivity contribution in [3.8, 4) is 9.88 Å². The highest BCUT2D eigenvalue weighted by Gasteiger charge is 2.21. The van der Waals surface area contributed by atoms with Crippen molar-refractivity contribution in [3.05, 3.63) is 40.2 Å². The number of nitrogens with one attached hydrogen (secondary N) is 1. The van der Waals surface area contributed by atoms with Gasteiger partial charge in [-0.1, -0.05) is 17.7 Å². The lowest BCUT2D eigenvalue weighted by atomic mass is 10.0. The maximum absolute atomic E-state index is 12.4. The molecule has 1 amide bonds. The number of rotatable bonds is 5. The first-order chi connectivity index (χ1) is 11.6. The molecule has 2 aromatic rings. The van der Waals surface area contributed by atoms with Crippen LogP contribution in [0.2, 0.25) is 0 Å². The average Bonchev–Trinajstić information content (AvgIpc) is 3.25. The molecule has 3 rings (SSSR count). The van der Waals surface area contributed by atoms with Gasteiger partial charge >= 0.3 is 0 Å². The van der Waals surface area contributed by atoms with Gasteiger partial charge in [0.2, 0.25) is 0 Å². The van der Waals surface area contributed by atoms with Crippen LogP contribution >= 0.6 is 22.7 Å². The van der Waals surface area contributed by atoms with Gasteiger partial charge < -0.3 is 5.32 Å². The molecule has 0 spiro atoms. The average molecular weight is 362 g/mol. The van der Waals surface area contributed by atoms with Crippen LogP contribution in [-0.4, -0.2) is 41.5 Å². The van der Waals surface area contributed by atoms with E-state index in [0.717, 1.165) is 42.4 Å². The van der Waals surface area contributed by atoms with E-state index >= 15 is 0 Å². The summed E-state index contributed by atoms with van der Waals surface area (Å²) in [7, 11) is 0. The van der Waals surface area contributed by atoms with Crippen molar-refractivity contribution in [1.29, 1.82) is 0 Å². The van der Waals surface area contributed by atoms with Gasteiger partial charge in [-0.25, -0.2) is 4.98 Å². The number of nitrogens with zero attached hydrogens (tertiary/aromatic N) is 2. The van der Waals surface area contributed by atoms with E-state index in [1.807, 2.05) is 22.9 Å². The largest absolute Gasteiger partial charge is 0.348 e. The second-order valence-electron chi connectivity index (χ2n) is 6.35. The van der Waals surface area contributed by atoms with Crippen LogP contribution in [0, 0.1) is 0 Å². The number of allylic oxidation sites excluding steroid dienone is 1. The molecule has 0 bridgehead atoms. The molecule has 0 aliphatic carbocycles. The number of piperidine rings is 1. The monoisotopic (exact) mass is 361 g/mol. The zero-order chi connectivity index (χ0) is 16.9. The summed E-state index contributed by atoms with van der Waals surface area (Å²) in [6.45, 7) is 7.34. The van der Waals surface area contributed by atoms with Crippen molar-refractivity contribution < 1.29 is 4.79 Å². The number of carbonyl (C=O) groups excluding carboxylic acids is 1. The van der Waals surface area contributed by atoms with Gasteiger partial charge in [-0.05, 0) is 38.1 Å². The minimum Gasteiger partial charge on any atom is -0.348 e. The lowest BCUT2D eigenvalue weighted by Gasteiger charge is -2.31. The first-order valence-corrected chi connectivity index (χ1v) is 10.0. The van der Waals surface area contributed by atoms with Crippen LogP contribution in [0.3, 0.4) is 0 Å². The van der Waals surface area contributed by atoms with E-state index in [0.29, 0.717) is 5.69 Å². The zero-order valence-corrected chi connectivity index (χ0v) is 15.8. The minimum atomic E-state index is -0.0446. The van der Waals surface area contributed by atoms with Crippen LogP contribution in [0.1, 0.15) is 37.2 Å². The van der Waals surface area contributed by atoms with E-state index in [9.17, 15) is 4.79 Å². The number of aromatic nitrogens is 1. The lowest BCUT2D eigenvalue weighted by molar-refractivity contribution is 0.0910. The van der Waals surface area contributed by atoms with Crippen molar-refractivity contribution in [3.63, 3.8) is 0 Å². The minimum absolute atomic E-state index is 0.0446. The number of amides is 1. The summed E-state index contributed by atoms with van der Waals surface area (Å²) in [5, 5.41) is 7.95. The lowest BCUT2D eigenvalue weighted by Crippen LogP contribution is -2.44. The van der Waals surface area contributed by atoms with Crippen LogP contribution in [0.25, 0.3) is 9.88 Å². The van der Waals surface area contributed by atoms with Crippen LogP contribution < -0.4 is 5.32 Å². The SMILES string of the molecule is CC(C)=CCN1CCC(NC(=O)c2csc(-c3cccs3)n2)CC1. The fraction of sp³-hybridized carbons (Fsp3) is 0.444. The summed E-state index contributed by atoms with van der Waals surface area (Å²) >= 11 is 3.18. The number of carbonyl (C=O) groups is 1. The molecule has 6 heteroatoms. The van der Waals surface area contributed by atoms with Gasteiger partial charge in [0.25, 0.3) is 5.91 Å². The van der Waals surface area contributed by atoms with Crippen LogP contribution in [0.15, 0.2) is 34.5 Å². The Labute approximate surface area is 151 Å². The molecule has 0 atom stereocenters. The normalized spacial score (nSPS) is 16.1. The zero-order valence-electron chi connectivity index (χ0n) is 14.1. The van der Waals surface area contributed by atoms with Crippen LogP contribution in [0.5, 0.6) is 0 Å². The van der Waals surface area contributed by atoms with Crippen molar-refractivity contribution in [2.24, 2.45) is 0 Å². The van der Waals surface area contributed by atoms with E-state index in [1.165, 1.54) is 16.9 Å². The van der Waals surface area contributed by atoms with Gasteiger partial charge in [-0.15, -0.1) is 22.7 Å². The molecule has 1 N–H and O–H groups in total. The Morgan fingerprint density at radius 1 is 1.38 bits per heavy atom. The molecule has 1 fully saturated rings. The first kappa shape index (κ1) is 17.3. The quantitative estimate of drug-likeness (QED) is 0.818. The van der Waals surface area contributed by atoms with E-state index in [4.69, 9.17) is 0 Å².